The lowest BCUT2D eigenvalue weighted by Crippen LogP contribution is -2.40. The Morgan fingerprint density at radius 1 is 1.14 bits per heavy atom. The summed E-state index contributed by atoms with van der Waals surface area (Å²) in [4.78, 5) is 19.2. The van der Waals surface area contributed by atoms with E-state index in [2.05, 4.69) is 36.9 Å². The van der Waals surface area contributed by atoms with Gasteiger partial charge in [0, 0.05) is 33.0 Å². The monoisotopic (exact) mass is 377 g/mol. The van der Waals surface area contributed by atoms with Gasteiger partial charge < -0.3 is 9.47 Å². The largest absolute Gasteiger partial charge is 0.329 e. The maximum atomic E-state index is 13.1. The van der Waals surface area contributed by atoms with Gasteiger partial charge in [0.1, 0.15) is 5.52 Å². The molecular formula is C18H19N9O. The molecule has 0 saturated carbocycles. The predicted octanol–water partition coefficient (Wildman–Crippen LogP) is 1.18. The zero-order valence-electron chi connectivity index (χ0n) is 15.8. The van der Waals surface area contributed by atoms with Crippen molar-refractivity contribution in [1.29, 1.82) is 0 Å². The fraction of sp³-hybridized carbons (Fsp3) is 0.333. The van der Waals surface area contributed by atoms with Crippen molar-refractivity contribution in [2.45, 2.75) is 19.5 Å². The van der Waals surface area contributed by atoms with Crippen LogP contribution in [0.2, 0.25) is 0 Å². The van der Waals surface area contributed by atoms with Crippen LogP contribution in [-0.4, -0.2) is 56.7 Å². The summed E-state index contributed by atoms with van der Waals surface area (Å²) in [7, 11) is 3.71. The summed E-state index contributed by atoms with van der Waals surface area (Å²) in [6.45, 7) is 3.04. The second-order valence-corrected chi connectivity index (χ2v) is 7.14. The van der Waals surface area contributed by atoms with Gasteiger partial charge >= 0.3 is 0 Å². The summed E-state index contributed by atoms with van der Waals surface area (Å²) in [5.41, 5.74) is 3.06. The first-order valence-electron chi connectivity index (χ1n) is 9.01. The minimum Gasteiger partial charge on any atom is -0.329 e. The molecule has 0 unspecified atom stereocenters. The molecule has 0 radical (unpaired) electrons. The number of amides is 1. The number of hydrogen-bond acceptors (Lipinski definition) is 6. The van der Waals surface area contributed by atoms with Crippen LogP contribution in [0.25, 0.3) is 22.4 Å². The van der Waals surface area contributed by atoms with Crippen molar-refractivity contribution in [3.8, 4) is 11.4 Å². The van der Waals surface area contributed by atoms with E-state index >= 15 is 0 Å². The molecular weight excluding hydrogens is 358 g/mol. The van der Waals surface area contributed by atoms with Gasteiger partial charge in [-0.05, 0) is 13.0 Å². The van der Waals surface area contributed by atoms with Gasteiger partial charge in [-0.3, -0.25) is 19.1 Å². The van der Waals surface area contributed by atoms with Gasteiger partial charge in [0.05, 0.1) is 41.6 Å². The van der Waals surface area contributed by atoms with Crippen LogP contribution < -0.4 is 0 Å². The molecule has 4 aromatic heterocycles. The molecule has 1 aliphatic rings. The molecule has 4 aromatic rings. The van der Waals surface area contributed by atoms with Gasteiger partial charge in [-0.25, -0.2) is 0 Å². The molecule has 28 heavy (non-hydrogen) atoms. The molecule has 1 aliphatic heterocycles. The molecule has 0 aromatic carbocycles. The number of carbonyl (C=O) groups is 1. The summed E-state index contributed by atoms with van der Waals surface area (Å²) in [5.74, 6) is 1.47. The molecule has 5 heterocycles. The number of carbonyl (C=O) groups excluding carboxylic acids is 1. The van der Waals surface area contributed by atoms with Crippen molar-refractivity contribution in [2.24, 2.45) is 14.1 Å². The molecule has 1 atom stereocenters. The maximum Gasteiger partial charge on any atom is 0.255 e. The molecule has 10 nitrogen and oxygen atoms in total. The minimum absolute atomic E-state index is 0.0475. The van der Waals surface area contributed by atoms with E-state index in [0.29, 0.717) is 18.7 Å². The molecule has 0 N–H and O–H groups in total. The van der Waals surface area contributed by atoms with Crippen LogP contribution >= 0.6 is 0 Å². The number of rotatable bonds is 2. The smallest absolute Gasteiger partial charge is 0.255 e. The van der Waals surface area contributed by atoms with Gasteiger partial charge in [-0.2, -0.15) is 10.2 Å². The number of aromatic nitrogens is 8. The summed E-state index contributed by atoms with van der Waals surface area (Å²) >= 11 is 0. The van der Waals surface area contributed by atoms with Crippen LogP contribution in [-0.2, 0) is 20.6 Å². The van der Waals surface area contributed by atoms with Gasteiger partial charge in [0.25, 0.3) is 5.91 Å². The normalized spacial score (nSPS) is 16.5. The number of hydrogen-bond donors (Lipinski definition) is 0. The zero-order valence-corrected chi connectivity index (χ0v) is 15.8. The highest BCUT2D eigenvalue weighted by atomic mass is 16.2. The van der Waals surface area contributed by atoms with E-state index in [4.69, 9.17) is 0 Å². The van der Waals surface area contributed by atoms with E-state index < -0.39 is 0 Å². The first-order chi connectivity index (χ1) is 13.5. The van der Waals surface area contributed by atoms with Gasteiger partial charge in [-0.15, -0.1) is 10.2 Å². The number of nitrogens with zero attached hydrogens (tertiary/aromatic N) is 9. The Kier molecular flexibility index (Phi) is 3.54. The van der Waals surface area contributed by atoms with E-state index in [9.17, 15) is 4.79 Å². The molecule has 0 fully saturated rings. The van der Waals surface area contributed by atoms with Crippen LogP contribution in [0.3, 0.4) is 0 Å². The molecule has 0 bridgehead atoms. The summed E-state index contributed by atoms with van der Waals surface area (Å²) in [5, 5.41) is 17.1. The average Bonchev–Trinajstić information content (AvgIpc) is 3.39. The van der Waals surface area contributed by atoms with Crippen molar-refractivity contribution in [3.63, 3.8) is 0 Å². The molecule has 1 amide bonds. The second kappa shape index (κ2) is 5.98. The molecule has 5 rings (SSSR count). The fourth-order valence-corrected chi connectivity index (χ4v) is 3.74. The molecule has 0 spiro atoms. The Bertz CT molecular complexity index is 1200. The number of aryl methyl sites for hydroxylation is 2. The maximum absolute atomic E-state index is 13.1. The van der Waals surface area contributed by atoms with E-state index in [1.165, 1.54) is 0 Å². The Morgan fingerprint density at radius 2 is 2.00 bits per heavy atom. The second-order valence-electron chi connectivity index (χ2n) is 7.14. The first-order valence-corrected chi connectivity index (χ1v) is 9.01. The van der Waals surface area contributed by atoms with Crippen molar-refractivity contribution in [3.05, 3.63) is 42.2 Å². The molecule has 0 aliphatic carbocycles. The third kappa shape index (κ3) is 2.48. The van der Waals surface area contributed by atoms with Crippen molar-refractivity contribution >= 4 is 16.9 Å². The van der Waals surface area contributed by atoms with Crippen molar-refractivity contribution in [2.75, 3.05) is 6.54 Å². The molecule has 10 heteroatoms. The molecule has 142 valence electrons. The van der Waals surface area contributed by atoms with Gasteiger partial charge in [0.2, 0.25) is 0 Å². The van der Waals surface area contributed by atoms with Crippen molar-refractivity contribution in [1.82, 2.24) is 44.2 Å². The van der Waals surface area contributed by atoms with E-state index in [1.54, 1.807) is 32.9 Å². The van der Waals surface area contributed by atoms with E-state index in [1.807, 2.05) is 26.4 Å². The van der Waals surface area contributed by atoms with Gasteiger partial charge in [-0.1, -0.05) is 0 Å². The van der Waals surface area contributed by atoms with Crippen LogP contribution in [0.5, 0.6) is 0 Å². The van der Waals surface area contributed by atoms with Crippen LogP contribution in [0, 0.1) is 0 Å². The Hall–Kier alpha value is -3.56. The molecule has 0 saturated heterocycles. The predicted molar refractivity (Wildman–Crippen MR) is 100 cm³/mol. The van der Waals surface area contributed by atoms with E-state index in [-0.39, 0.29) is 11.9 Å². The first kappa shape index (κ1) is 16.6. The van der Waals surface area contributed by atoms with Crippen LogP contribution in [0.15, 0.2) is 30.9 Å². The third-order valence-corrected chi connectivity index (χ3v) is 5.12. The summed E-state index contributed by atoms with van der Waals surface area (Å²) in [6.07, 6.45) is 6.99. The highest BCUT2D eigenvalue weighted by Gasteiger charge is 2.30. The summed E-state index contributed by atoms with van der Waals surface area (Å²) < 4.78 is 5.54. The Balaban J connectivity index is 1.46. The van der Waals surface area contributed by atoms with E-state index in [0.717, 1.165) is 28.2 Å². The highest BCUT2D eigenvalue weighted by Crippen LogP contribution is 2.28. The standard InChI is InChI=1S/C18H19N9O/c1-11-8-26(18(28)12-4-15-14(19-5-12)7-21-25(15)3)10-16-22-23-17(27(11)16)13-6-20-24(2)9-13/h4-7,9,11H,8,10H2,1-3H3/t11-/m0/s1. The average molecular weight is 377 g/mol. The lowest BCUT2D eigenvalue weighted by molar-refractivity contribution is 0.0682. The lowest BCUT2D eigenvalue weighted by atomic mass is 10.1. The topological polar surface area (TPSA) is 99.6 Å². The fourth-order valence-electron chi connectivity index (χ4n) is 3.74. The van der Waals surface area contributed by atoms with Crippen LogP contribution in [0.1, 0.15) is 29.1 Å². The van der Waals surface area contributed by atoms with Crippen LogP contribution in [0.4, 0.5) is 0 Å². The third-order valence-electron chi connectivity index (χ3n) is 5.12. The quantitative estimate of drug-likeness (QED) is 0.520. The van der Waals surface area contributed by atoms with Gasteiger partial charge in [0.15, 0.2) is 11.6 Å². The highest BCUT2D eigenvalue weighted by molar-refractivity contribution is 5.96. The Morgan fingerprint density at radius 3 is 2.79 bits per heavy atom. The number of pyridine rings is 1. The minimum atomic E-state index is -0.0698. The Labute approximate surface area is 160 Å². The zero-order chi connectivity index (χ0) is 19.4. The lowest BCUT2D eigenvalue weighted by Gasteiger charge is -2.32. The SMILES string of the molecule is C[C@H]1CN(C(=O)c2cnc3cnn(C)c3c2)Cc2nnc(-c3cnn(C)c3)n21. The summed E-state index contributed by atoms with van der Waals surface area (Å²) in [6, 6.07) is 1.88. The number of fused-ring (bicyclic) bond motifs is 2. The van der Waals surface area contributed by atoms with Crippen molar-refractivity contribution < 1.29 is 4.79 Å².